The second-order valence-electron chi connectivity index (χ2n) is 6.20. The Morgan fingerprint density at radius 1 is 1.07 bits per heavy atom. The Labute approximate surface area is 158 Å². The van der Waals surface area contributed by atoms with Crippen LogP contribution in [-0.4, -0.2) is 29.9 Å². The summed E-state index contributed by atoms with van der Waals surface area (Å²) in [6.07, 6.45) is 0.197. The van der Waals surface area contributed by atoms with Gasteiger partial charge < -0.3 is 14.8 Å². The first-order valence-corrected chi connectivity index (χ1v) is 8.66. The summed E-state index contributed by atoms with van der Waals surface area (Å²) in [5.41, 5.74) is 4.13. The summed E-state index contributed by atoms with van der Waals surface area (Å²) in [5.74, 6) is 1.18. The molecule has 0 bridgehead atoms. The van der Waals surface area contributed by atoms with Crippen molar-refractivity contribution >= 4 is 11.6 Å². The molecule has 140 valence electrons. The summed E-state index contributed by atoms with van der Waals surface area (Å²) in [4.78, 5) is 12.6. The van der Waals surface area contributed by atoms with E-state index in [2.05, 4.69) is 10.4 Å². The average Bonchev–Trinajstić information content (AvgIpc) is 2.97. The van der Waals surface area contributed by atoms with Gasteiger partial charge in [0, 0.05) is 11.6 Å². The first-order chi connectivity index (χ1) is 13.0. The van der Waals surface area contributed by atoms with E-state index in [9.17, 15) is 4.79 Å². The molecule has 3 aromatic rings. The van der Waals surface area contributed by atoms with Gasteiger partial charge in [-0.2, -0.15) is 5.10 Å². The second kappa shape index (κ2) is 7.95. The molecule has 6 nitrogen and oxygen atoms in total. The van der Waals surface area contributed by atoms with Gasteiger partial charge in [-0.25, -0.2) is 4.68 Å². The summed E-state index contributed by atoms with van der Waals surface area (Å²) in [6, 6.07) is 15.3. The van der Waals surface area contributed by atoms with E-state index < -0.39 is 0 Å². The number of hydrogen-bond acceptors (Lipinski definition) is 4. The van der Waals surface area contributed by atoms with Crippen molar-refractivity contribution in [2.75, 3.05) is 19.5 Å². The number of nitrogens with zero attached hydrogens (tertiary/aromatic N) is 2. The molecule has 1 heterocycles. The van der Waals surface area contributed by atoms with Crippen molar-refractivity contribution in [3.8, 4) is 17.2 Å². The van der Waals surface area contributed by atoms with Crippen molar-refractivity contribution in [2.45, 2.75) is 20.3 Å². The van der Waals surface area contributed by atoms with Crippen LogP contribution in [0.15, 0.2) is 48.5 Å². The van der Waals surface area contributed by atoms with Crippen molar-refractivity contribution in [3.63, 3.8) is 0 Å². The smallest absolute Gasteiger partial charge is 0.229 e. The number of methoxy groups -OCH3 is 2. The lowest BCUT2D eigenvalue weighted by Gasteiger charge is -2.11. The number of carbonyl (C=O) groups excluding carboxylic acids is 1. The normalized spacial score (nSPS) is 10.5. The number of rotatable bonds is 6. The quantitative estimate of drug-likeness (QED) is 0.724. The van der Waals surface area contributed by atoms with Crippen LogP contribution in [0.3, 0.4) is 0 Å². The van der Waals surface area contributed by atoms with Gasteiger partial charge in [-0.05, 0) is 32.0 Å². The number of aromatic nitrogens is 2. The minimum Gasteiger partial charge on any atom is -0.497 e. The third-order valence-electron chi connectivity index (χ3n) is 4.40. The van der Waals surface area contributed by atoms with E-state index in [0.717, 1.165) is 28.3 Å². The predicted molar refractivity (Wildman–Crippen MR) is 105 cm³/mol. The van der Waals surface area contributed by atoms with Crippen LogP contribution in [0.5, 0.6) is 11.5 Å². The standard InChI is InChI=1S/C21H23N3O3/c1-14-21(15(2)24(23-14)17-8-6-5-7-9-17)22-20(25)12-16-10-11-18(26-3)13-19(16)27-4/h5-11,13H,12H2,1-4H3,(H,22,25). The lowest BCUT2D eigenvalue weighted by atomic mass is 10.1. The third-order valence-corrected chi connectivity index (χ3v) is 4.40. The maximum atomic E-state index is 12.6. The molecule has 0 unspecified atom stereocenters. The fourth-order valence-electron chi connectivity index (χ4n) is 3.00. The molecule has 0 saturated heterocycles. The molecule has 0 spiro atoms. The summed E-state index contributed by atoms with van der Waals surface area (Å²) in [6.45, 7) is 3.83. The van der Waals surface area contributed by atoms with E-state index in [1.807, 2.05) is 61.0 Å². The maximum Gasteiger partial charge on any atom is 0.229 e. The molecule has 27 heavy (non-hydrogen) atoms. The first-order valence-electron chi connectivity index (χ1n) is 8.66. The molecule has 0 saturated carbocycles. The van der Waals surface area contributed by atoms with E-state index in [0.29, 0.717) is 11.5 Å². The van der Waals surface area contributed by atoms with Crippen LogP contribution >= 0.6 is 0 Å². The van der Waals surface area contributed by atoms with Gasteiger partial charge in [0.15, 0.2) is 0 Å². The fourth-order valence-corrected chi connectivity index (χ4v) is 3.00. The number of benzene rings is 2. The second-order valence-corrected chi connectivity index (χ2v) is 6.20. The largest absolute Gasteiger partial charge is 0.497 e. The predicted octanol–water partition coefficient (Wildman–Crippen LogP) is 3.69. The Kier molecular flexibility index (Phi) is 5.45. The molecule has 1 N–H and O–H groups in total. The molecule has 0 fully saturated rings. The van der Waals surface area contributed by atoms with Gasteiger partial charge >= 0.3 is 0 Å². The maximum absolute atomic E-state index is 12.6. The molecular formula is C21H23N3O3. The van der Waals surface area contributed by atoms with Crippen molar-refractivity contribution in [1.29, 1.82) is 0 Å². The molecule has 0 aliphatic carbocycles. The highest BCUT2D eigenvalue weighted by Crippen LogP contribution is 2.26. The molecular weight excluding hydrogens is 342 g/mol. The van der Waals surface area contributed by atoms with Crippen LogP contribution in [0.2, 0.25) is 0 Å². The van der Waals surface area contributed by atoms with Crippen LogP contribution in [0.25, 0.3) is 5.69 Å². The minimum absolute atomic E-state index is 0.128. The van der Waals surface area contributed by atoms with Crippen molar-refractivity contribution < 1.29 is 14.3 Å². The van der Waals surface area contributed by atoms with Gasteiger partial charge in [-0.15, -0.1) is 0 Å². The Morgan fingerprint density at radius 2 is 1.81 bits per heavy atom. The lowest BCUT2D eigenvalue weighted by molar-refractivity contribution is -0.115. The van der Waals surface area contributed by atoms with Gasteiger partial charge in [0.25, 0.3) is 0 Å². The van der Waals surface area contributed by atoms with Gasteiger partial charge in [0.2, 0.25) is 5.91 Å². The number of anilines is 1. The molecule has 0 aliphatic heterocycles. The van der Waals surface area contributed by atoms with Crippen molar-refractivity contribution in [2.24, 2.45) is 0 Å². The number of aryl methyl sites for hydroxylation is 1. The number of nitrogens with one attached hydrogen (secondary N) is 1. The van der Waals surface area contributed by atoms with Gasteiger partial charge in [-0.1, -0.05) is 24.3 Å². The van der Waals surface area contributed by atoms with Crippen LogP contribution in [0.1, 0.15) is 17.0 Å². The summed E-state index contributed by atoms with van der Waals surface area (Å²) in [7, 11) is 3.17. The Balaban J connectivity index is 1.80. The topological polar surface area (TPSA) is 65.4 Å². The van der Waals surface area contributed by atoms with E-state index in [-0.39, 0.29) is 12.3 Å². The van der Waals surface area contributed by atoms with Crippen LogP contribution in [0, 0.1) is 13.8 Å². The number of para-hydroxylation sites is 1. The molecule has 2 aromatic carbocycles. The van der Waals surface area contributed by atoms with E-state index in [1.54, 1.807) is 20.3 Å². The zero-order valence-corrected chi connectivity index (χ0v) is 15.9. The van der Waals surface area contributed by atoms with Crippen LogP contribution < -0.4 is 14.8 Å². The Morgan fingerprint density at radius 3 is 2.48 bits per heavy atom. The Hall–Kier alpha value is -3.28. The highest BCUT2D eigenvalue weighted by Gasteiger charge is 2.16. The SMILES string of the molecule is COc1ccc(CC(=O)Nc2c(C)nn(-c3ccccc3)c2C)c(OC)c1. The van der Waals surface area contributed by atoms with Crippen LogP contribution in [0.4, 0.5) is 5.69 Å². The average molecular weight is 365 g/mol. The number of ether oxygens (including phenoxy) is 2. The highest BCUT2D eigenvalue weighted by molar-refractivity contribution is 5.93. The molecule has 1 aromatic heterocycles. The number of carbonyl (C=O) groups is 1. The monoisotopic (exact) mass is 365 g/mol. The third kappa shape index (κ3) is 3.95. The summed E-state index contributed by atoms with van der Waals surface area (Å²) < 4.78 is 12.4. The molecule has 0 aliphatic rings. The summed E-state index contributed by atoms with van der Waals surface area (Å²) >= 11 is 0. The molecule has 1 amide bonds. The Bertz CT molecular complexity index is 949. The molecule has 6 heteroatoms. The van der Waals surface area contributed by atoms with Crippen molar-refractivity contribution in [3.05, 3.63) is 65.5 Å². The molecule has 3 rings (SSSR count). The van der Waals surface area contributed by atoms with Crippen molar-refractivity contribution in [1.82, 2.24) is 9.78 Å². The number of amides is 1. The summed E-state index contributed by atoms with van der Waals surface area (Å²) in [5, 5.41) is 7.55. The van der Waals surface area contributed by atoms with Gasteiger partial charge in [0.05, 0.1) is 43.4 Å². The zero-order valence-electron chi connectivity index (χ0n) is 15.9. The first kappa shape index (κ1) is 18.5. The molecule has 0 radical (unpaired) electrons. The fraction of sp³-hybridized carbons (Fsp3) is 0.238. The van der Waals surface area contributed by atoms with Crippen LogP contribution in [-0.2, 0) is 11.2 Å². The van der Waals surface area contributed by atoms with Gasteiger partial charge in [0.1, 0.15) is 11.5 Å². The minimum atomic E-state index is -0.128. The zero-order chi connectivity index (χ0) is 19.4. The van der Waals surface area contributed by atoms with E-state index in [4.69, 9.17) is 9.47 Å². The highest BCUT2D eigenvalue weighted by atomic mass is 16.5. The van der Waals surface area contributed by atoms with Gasteiger partial charge in [-0.3, -0.25) is 4.79 Å². The van der Waals surface area contributed by atoms with E-state index in [1.165, 1.54) is 0 Å². The molecule has 0 atom stereocenters. The van der Waals surface area contributed by atoms with E-state index >= 15 is 0 Å². The lowest BCUT2D eigenvalue weighted by Crippen LogP contribution is -2.16. The number of hydrogen-bond donors (Lipinski definition) is 1.